The maximum atomic E-state index is 11.6. The van der Waals surface area contributed by atoms with Gasteiger partial charge in [-0.25, -0.2) is 9.59 Å². The molecule has 0 bridgehead atoms. The molecule has 0 aliphatic heterocycles. The van der Waals surface area contributed by atoms with E-state index in [1.54, 1.807) is 0 Å². The number of hydrogen-bond donors (Lipinski definition) is 2. The lowest BCUT2D eigenvalue weighted by Crippen LogP contribution is -2.17. The Labute approximate surface area is 130 Å². The van der Waals surface area contributed by atoms with Gasteiger partial charge in [0, 0.05) is 23.8 Å². The Morgan fingerprint density at radius 3 is 2.30 bits per heavy atom. The van der Waals surface area contributed by atoms with Gasteiger partial charge in [0.1, 0.15) is 13.2 Å². The Hall–Kier alpha value is -3.23. The van der Waals surface area contributed by atoms with Crippen molar-refractivity contribution >= 4 is 17.9 Å². The third-order valence-corrected chi connectivity index (χ3v) is 2.43. The Balaban J connectivity index is 2.56. The number of esters is 2. The summed E-state index contributed by atoms with van der Waals surface area (Å²) in [5.41, 5.74) is -0.0209. The predicted octanol–water partition coefficient (Wildman–Crippen LogP) is -0.145. The number of carbonyl (C=O) groups is 3. The molecule has 0 aromatic carbocycles. The first-order valence-corrected chi connectivity index (χ1v) is 6.31. The van der Waals surface area contributed by atoms with Crippen molar-refractivity contribution < 1.29 is 38.9 Å². The second kappa shape index (κ2) is 8.27. The van der Waals surface area contributed by atoms with Gasteiger partial charge >= 0.3 is 17.9 Å². The molecule has 2 N–H and O–H groups in total. The van der Waals surface area contributed by atoms with Crippen LogP contribution in [0, 0.1) is 0 Å². The fourth-order valence-electron chi connectivity index (χ4n) is 1.43. The quantitative estimate of drug-likeness (QED) is 0.384. The topological polar surface area (TPSA) is 124 Å². The summed E-state index contributed by atoms with van der Waals surface area (Å²) < 4.78 is 9.81. The molecule has 1 aromatic rings. The average Bonchev–Trinajstić information content (AvgIpc) is 2.78. The lowest BCUT2D eigenvalue weighted by atomic mass is 10.2. The molecule has 9 heteroatoms. The smallest absolute Gasteiger partial charge is 0.356 e. The first-order chi connectivity index (χ1) is 10.9. The highest BCUT2D eigenvalue weighted by Gasteiger charge is 2.19. The summed E-state index contributed by atoms with van der Waals surface area (Å²) in [5, 5.41) is 19.3. The van der Waals surface area contributed by atoms with Crippen LogP contribution in [0.4, 0.5) is 0 Å². The molecule has 0 atom stereocenters. The molecule has 9 nitrogen and oxygen atoms in total. The van der Waals surface area contributed by atoms with Crippen LogP contribution in [0.3, 0.4) is 0 Å². The van der Waals surface area contributed by atoms with Gasteiger partial charge in [0.05, 0.1) is 6.42 Å². The molecule has 0 spiro atoms. The molecule has 0 saturated carbocycles. The molecule has 1 heterocycles. The number of hydrogen-bond acceptors (Lipinski definition) is 8. The van der Waals surface area contributed by atoms with Crippen molar-refractivity contribution in [2.75, 3.05) is 13.2 Å². The Morgan fingerprint density at radius 2 is 1.70 bits per heavy atom. The van der Waals surface area contributed by atoms with Crippen LogP contribution in [0.1, 0.15) is 5.56 Å². The van der Waals surface area contributed by atoms with Crippen molar-refractivity contribution in [1.29, 1.82) is 0 Å². The van der Waals surface area contributed by atoms with E-state index in [4.69, 9.17) is 4.74 Å². The zero-order valence-electron chi connectivity index (χ0n) is 12.1. The van der Waals surface area contributed by atoms with Gasteiger partial charge in [-0.2, -0.15) is 0 Å². The number of carbonyl (C=O) groups excluding carboxylic acids is 3. The van der Waals surface area contributed by atoms with E-state index in [0.29, 0.717) is 4.73 Å². The molecule has 23 heavy (non-hydrogen) atoms. The lowest BCUT2D eigenvalue weighted by molar-refractivity contribution is -0.149. The van der Waals surface area contributed by atoms with Gasteiger partial charge in [-0.1, -0.05) is 13.2 Å². The van der Waals surface area contributed by atoms with E-state index < -0.39 is 36.1 Å². The number of ether oxygens (including phenoxy) is 2. The van der Waals surface area contributed by atoms with Gasteiger partial charge in [-0.05, 0) is 0 Å². The van der Waals surface area contributed by atoms with Gasteiger partial charge < -0.3 is 24.5 Å². The summed E-state index contributed by atoms with van der Waals surface area (Å²) in [4.78, 5) is 37.9. The first kappa shape index (κ1) is 17.8. The molecule has 0 aliphatic rings. The summed E-state index contributed by atoms with van der Waals surface area (Å²) in [6.45, 7) is 6.03. The molecule has 124 valence electrons. The summed E-state index contributed by atoms with van der Waals surface area (Å²) >= 11 is 0. The second-order valence-corrected chi connectivity index (χ2v) is 4.03. The predicted molar refractivity (Wildman–Crippen MR) is 75.4 cm³/mol. The minimum Gasteiger partial charge on any atom is -0.492 e. The van der Waals surface area contributed by atoms with Crippen LogP contribution in [0.15, 0.2) is 31.4 Å². The normalized spacial score (nSPS) is 9.74. The van der Waals surface area contributed by atoms with Crippen molar-refractivity contribution in [1.82, 2.24) is 4.73 Å². The minimum absolute atomic E-state index is 0.0209. The molecule has 0 unspecified atom stereocenters. The SMILES string of the molecule is C=CC(=O)OCCOC(=O)Cc1cc(O)n(OC(=O)C=C)c1O. The molecule has 1 aromatic heterocycles. The van der Waals surface area contributed by atoms with Crippen LogP contribution in [0.2, 0.25) is 0 Å². The maximum absolute atomic E-state index is 11.6. The zero-order chi connectivity index (χ0) is 17.4. The molecule has 0 radical (unpaired) electrons. The molecule has 0 aliphatic carbocycles. The van der Waals surface area contributed by atoms with Gasteiger partial charge in [0.15, 0.2) is 0 Å². The summed E-state index contributed by atoms with van der Waals surface area (Å²) in [7, 11) is 0. The molecule has 0 fully saturated rings. The molecular formula is C14H15NO8. The number of rotatable bonds is 8. The van der Waals surface area contributed by atoms with Gasteiger partial charge in [-0.15, -0.1) is 4.73 Å². The highest BCUT2D eigenvalue weighted by molar-refractivity contribution is 5.82. The number of aromatic hydroxyl groups is 2. The highest BCUT2D eigenvalue weighted by Crippen LogP contribution is 2.26. The van der Waals surface area contributed by atoms with Crippen LogP contribution < -0.4 is 4.84 Å². The van der Waals surface area contributed by atoms with Crippen LogP contribution in [-0.4, -0.2) is 46.1 Å². The van der Waals surface area contributed by atoms with E-state index in [0.717, 1.165) is 18.2 Å². The number of nitrogens with zero attached hydrogens (tertiary/aromatic N) is 1. The van der Waals surface area contributed by atoms with E-state index in [1.807, 2.05) is 0 Å². The second-order valence-electron chi connectivity index (χ2n) is 4.03. The van der Waals surface area contributed by atoms with Crippen LogP contribution in [0.5, 0.6) is 11.8 Å². The van der Waals surface area contributed by atoms with Gasteiger partial charge in [-0.3, -0.25) is 4.79 Å². The molecule has 0 amide bonds. The summed E-state index contributed by atoms with van der Waals surface area (Å²) in [5.74, 6) is -3.52. The zero-order valence-corrected chi connectivity index (χ0v) is 12.1. The Kier molecular flexibility index (Phi) is 6.41. The van der Waals surface area contributed by atoms with E-state index >= 15 is 0 Å². The van der Waals surface area contributed by atoms with E-state index in [9.17, 15) is 24.6 Å². The van der Waals surface area contributed by atoms with Crippen LogP contribution >= 0.6 is 0 Å². The van der Waals surface area contributed by atoms with E-state index in [1.165, 1.54) is 0 Å². The lowest BCUT2D eigenvalue weighted by Gasteiger charge is -2.06. The number of aromatic nitrogens is 1. The first-order valence-electron chi connectivity index (χ1n) is 6.31. The fourth-order valence-corrected chi connectivity index (χ4v) is 1.43. The standard InChI is InChI=1S/C14H15NO8/c1-3-11(17)21-5-6-22-13(19)8-9-7-10(16)15(14(9)20)23-12(18)4-2/h3-4,7,16,20H,1-2,5-6,8H2. The fraction of sp³-hybridized carbons (Fsp3) is 0.214. The highest BCUT2D eigenvalue weighted by atomic mass is 16.7. The van der Waals surface area contributed by atoms with Crippen molar-refractivity contribution in [2.24, 2.45) is 0 Å². The third kappa shape index (κ3) is 5.23. The van der Waals surface area contributed by atoms with Gasteiger partial charge in [0.2, 0.25) is 11.8 Å². The van der Waals surface area contributed by atoms with Crippen molar-refractivity contribution in [2.45, 2.75) is 6.42 Å². The van der Waals surface area contributed by atoms with E-state index in [-0.39, 0.29) is 18.8 Å². The average molecular weight is 325 g/mol. The van der Waals surface area contributed by atoms with Crippen LogP contribution in [0.25, 0.3) is 0 Å². The Morgan fingerprint density at radius 1 is 1.09 bits per heavy atom. The largest absolute Gasteiger partial charge is 0.492 e. The van der Waals surface area contributed by atoms with Crippen molar-refractivity contribution in [3.63, 3.8) is 0 Å². The maximum Gasteiger partial charge on any atom is 0.356 e. The van der Waals surface area contributed by atoms with Crippen LogP contribution in [-0.2, 0) is 30.3 Å². The Bertz CT molecular complexity index is 631. The van der Waals surface area contributed by atoms with Crippen molar-refractivity contribution in [3.8, 4) is 11.8 Å². The third-order valence-electron chi connectivity index (χ3n) is 2.43. The van der Waals surface area contributed by atoms with Gasteiger partial charge in [0.25, 0.3) is 0 Å². The van der Waals surface area contributed by atoms with E-state index in [2.05, 4.69) is 22.7 Å². The summed E-state index contributed by atoms with van der Waals surface area (Å²) in [6.07, 6.45) is 1.40. The minimum atomic E-state index is -0.913. The molecule has 1 rings (SSSR count). The molecular weight excluding hydrogens is 310 g/mol. The monoisotopic (exact) mass is 325 g/mol. The summed E-state index contributed by atoms with van der Waals surface area (Å²) in [6, 6.07) is 1.03. The molecule has 0 saturated heterocycles. The van der Waals surface area contributed by atoms with Crippen molar-refractivity contribution in [3.05, 3.63) is 36.9 Å².